The van der Waals surface area contributed by atoms with E-state index in [9.17, 15) is 0 Å². The summed E-state index contributed by atoms with van der Waals surface area (Å²) in [6, 6.07) is 4.37. The lowest BCUT2D eigenvalue weighted by Gasteiger charge is -2.05. The van der Waals surface area contributed by atoms with Crippen molar-refractivity contribution in [2.24, 2.45) is 0 Å². The number of fused-ring (bicyclic) bond motifs is 1. The molecule has 0 N–H and O–H groups in total. The van der Waals surface area contributed by atoms with Crippen molar-refractivity contribution >= 4 is 5.52 Å². The average molecular weight is 174 g/mol. The number of hydrogen-bond acceptors (Lipinski definition) is 1. The normalized spacial score (nSPS) is 11.4. The Hall–Kier alpha value is -1.31. The molecular weight excluding hydrogens is 160 g/mol. The predicted molar refractivity (Wildman–Crippen MR) is 54.0 cm³/mol. The van der Waals surface area contributed by atoms with Crippen molar-refractivity contribution in [1.82, 2.24) is 9.38 Å². The summed E-state index contributed by atoms with van der Waals surface area (Å²) in [4.78, 5) is 4.26. The van der Waals surface area contributed by atoms with Crippen LogP contribution >= 0.6 is 0 Å². The number of rotatable bonds is 1. The number of hydrogen-bond donors (Lipinski definition) is 0. The molecule has 2 aromatic heterocycles. The van der Waals surface area contributed by atoms with Crippen molar-refractivity contribution in [2.75, 3.05) is 0 Å². The highest BCUT2D eigenvalue weighted by atomic mass is 15.0. The Kier molecular flexibility index (Phi) is 1.83. The Morgan fingerprint density at radius 2 is 2.15 bits per heavy atom. The molecule has 0 spiro atoms. The molecule has 0 amide bonds. The standard InChI is InChI=1S/C11H14N2/c1-8(2)10-4-5-13-7-12-9(3)11(13)6-10/h4-8H,1-3H3. The average Bonchev–Trinajstić information content (AvgIpc) is 2.47. The summed E-state index contributed by atoms with van der Waals surface area (Å²) < 4.78 is 2.06. The second-order valence-electron chi connectivity index (χ2n) is 3.74. The summed E-state index contributed by atoms with van der Waals surface area (Å²) in [6.45, 7) is 6.45. The fourth-order valence-corrected chi connectivity index (χ4v) is 1.49. The molecule has 0 bridgehead atoms. The zero-order valence-corrected chi connectivity index (χ0v) is 8.28. The summed E-state index contributed by atoms with van der Waals surface area (Å²) in [7, 11) is 0. The van der Waals surface area contributed by atoms with Crippen LogP contribution in [-0.4, -0.2) is 9.38 Å². The number of aryl methyl sites for hydroxylation is 1. The van der Waals surface area contributed by atoms with Gasteiger partial charge in [-0.1, -0.05) is 13.8 Å². The van der Waals surface area contributed by atoms with E-state index in [0.29, 0.717) is 5.92 Å². The van der Waals surface area contributed by atoms with Crippen LogP contribution in [0.5, 0.6) is 0 Å². The molecule has 0 aromatic carbocycles. The Bertz CT molecular complexity index is 427. The molecule has 2 aromatic rings. The van der Waals surface area contributed by atoms with Gasteiger partial charge in [-0.25, -0.2) is 4.98 Å². The molecule has 2 nitrogen and oxygen atoms in total. The van der Waals surface area contributed by atoms with Crippen molar-refractivity contribution in [2.45, 2.75) is 26.7 Å². The second-order valence-corrected chi connectivity index (χ2v) is 3.74. The summed E-state index contributed by atoms with van der Waals surface area (Å²) in [6.07, 6.45) is 3.93. The summed E-state index contributed by atoms with van der Waals surface area (Å²) in [5.74, 6) is 0.583. The van der Waals surface area contributed by atoms with Gasteiger partial charge < -0.3 is 4.40 Å². The van der Waals surface area contributed by atoms with Gasteiger partial charge in [-0.05, 0) is 30.5 Å². The van der Waals surface area contributed by atoms with E-state index < -0.39 is 0 Å². The van der Waals surface area contributed by atoms with E-state index in [1.807, 2.05) is 13.3 Å². The zero-order valence-electron chi connectivity index (χ0n) is 8.28. The van der Waals surface area contributed by atoms with Gasteiger partial charge in [-0.2, -0.15) is 0 Å². The number of aromatic nitrogens is 2. The van der Waals surface area contributed by atoms with Crippen molar-refractivity contribution in [3.05, 3.63) is 35.9 Å². The van der Waals surface area contributed by atoms with E-state index in [1.54, 1.807) is 0 Å². The van der Waals surface area contributed by atoms with Crippen LogP contribution in [0.4, 0.5) is 0 Å². The van der Waals surface area contributed by atoms with E-state index in [0.717, 1.165) is 5.69 Å². The van der Waals surface area contributed by atoms with Crippen LogP contribution in [-0.2, 0) is 0 Å². The van der Waals surface area contributed by atoms with Crippen LogP contribution in [0, 0.1) is 6.92 Å². The Labute approximate surface area is 78.2 Å². The van der Waals surface area contributed by atoms with Gasteiger partial charge in [0.2, 0.25) is 0 Å². The molecule has 0 aliphatic rings. The van der Waals surface area contributed by atoms with E-state index in [-0.39, 0.29) is 0 Å². The third-order valence-electron chi connectivity index (χ3n) is 2.42. The second kappa shape index (κ2) is 2.87. The highest BCUT2D eigenvalue weighted by Gasteiger charge is 2.02. The molecule has 2 rings (SSSR count). The summed E-state index contributed by atoms with van der Waals surface area (Å²) >= 11 is 0. The molecule has 0 unspecified atom stereocenters. The summed E-state index contributed by atoms with van der Waals surface area (Å²) in [5, 5.41) is 0. The Morgan fingerprint density at radius 1 is 1.38 bits per heavy atom. The molecular formula is C11H14N2. The highest BCUT2D eigenvalue weighted by Crippen LogP contribution is 2.17. The quantitative estimate of drug-likeness (QED) is 0.649. The van der Waals surface area contributed by atoms with Crippen LogP contribution in [0.3, 0.4) is 0 Å². The van der Waals surface area contributed by atoms with Gasteiger partial charge in [-0.3, -0.25) is 0 Å². The van der Waals surface area contributed by atoms with Crippen LogP contribution in [0.15, 0.2) is 24.7 Å². The Balaban J connectivity index is 2.66. The number of pyridine rings is 1. The predicted octanol–water partition coefficient (Wildman–Crippen LogP) is 2.77. The molecule has 0 radical (unpaired) electrons. The lowest BCUT2D eigenvalue weighted by atomic mass is 10.0. The van der Waals surface area contributed by atoms with Gasteiger partial charge in [-0.15, -0.1) is 0 Å². The van der Waals surface area contributed by atoms with Crippen molar-refractivity contribution in [3.8, 4) is 0 Å². The first-order chi connectivity index (χ1) is 6.18. The van der Waals surface area contributed by atoms with E-state index in [2.05, 4.69) is 41.6 Å². The topological polar surface area (TPSA) is 17.3 Å². The van der Waals surface area contributed by atoms with Crippen molar-refractivity contribution in [1.29, 1.82) is 0 Å². The van der Waals surface area contributed by atoms with E-state index >= 15 is 0 Å². The van der Waals surface area contributed by atoms with Crippen LogP contribution in [0.1, 0.15) is 31.0 Å². The third-order valence-corrected chi connectivity index (χ3v) is 2.42. The molecule has 2 heteroatoms. The van der Waals surface area contributed by atoms with Crippen molar-refractivity contribution in [3.63, 3.8) is 0 Å². The zero-order chi connectivity index (χ0) is 9.42. The van der Waals surface area contributed by atoms with Crippen molar-refractivity contribution < 1.29 is 0 Å². The molecule has 0 fully saturated rings. The largest absolute Gasteiger partial charge is 0.306 e. The lowest BCUT2D eigenvalue weighted by Crippen LogP contribution is -1.90. The van der Waals surface area contributed by atoms with Crippen LogP contribution in [0.2, 0.25) is 0 Å². The summed E-state index contributed by atoms with van der Waals surface area (Å²) in [5.41, 5.74) is 3.69. The minimum absolute atomic E-state index is 0.583. The van der Waals surface area contributed by atoms with Gasteiger partial charge in [0.05, 0.1) is 17.5 Å². The first kappa shape index (κ1) is 8.30. The fraction of sp³-hybridized carbons (Fsp3) is 0.364. The maximum Gasteiger partial charge on any atom is 0.0995 e. The molecule has 0 aliphatic heterocycles. The molecule has 0 saturated heterocycles. The molecule has 68 valence electrons. The maximum absolute atomic E-state index is 4.26. The molecule has 2 heterocycles. The minimum atomic E-state index is 0.583. The molecule has 0 saturated carbocycles. The fourth-order valence-electron chi connectivity index (χ4n) is 1.49. The minimum Gasteiger partial charge on any atom is -0.306 e. The lowest BCUT2D eigenvalue weighted by molar-refractivity contribution is 0.863. The Morgan fingerprint density at radius 3 is 2.85 bits per heavy atom. The van der Waals surface area contributed by atoms with Crippen LogP contribution < -0.4 is 0 Å². The first-order valence-corrected chi connectivity index (χ1v) is 4.61. The third kappa shape index (κ3) is 1.32. The van der Waals surface area contributed by atoms with Gasteiger partial charge in [0.1, 0.15) is 0 Å². The van der Waals surface area contributed by atoms with Gasteiger partial charge in [0.25, 0.3) is 0 Å². The molecule has 0 aliphatic carbocycles. The SMILES string of the molecule is Cc1ncn2ccc(C(C)C)cc12. The number of nitrogens with zero attached hydrogens (tertiary/aromatic N) is 2. The van der Waals surface area contributed by atoms with Gasteiger partial charge in [0, 0.05) is 6.20 Å². The smallest absolute Gasteiger partial charge is 0.0995 e. The molecule has 0 atom stereocenters. The van der Waals surface area contributed by atoms with Crippen LogP contribution in [0.25, 0.3) is 5.52 Å². The van der Waals surface area contributed by atoms with Gasteiger partial charge in [0.15, 0.2) is 0 Å². The number of imidazole rings is 1. The maximum atomic E-state index is 4.26. The highest BCUT2D eigenvalue weighted by molar-refractivity contribution is 5.53. The first-order valence-electron chi connectivity index (χ1n) is 4.61. The van der Waals surface area contributed by atoms with E-state index in [4.69, 9.17) is 0 Å². The van der Waals surface area contributed by atoms with E-state index in [1.165, 1.54) is 11.1 Å². The van der Waals surface area contributed by atoms with Gasteiger partial charge >= 0.3 is 0 Å². The monoisotopic (exact) mass is 174 g/mol. The molecule has 13 heavy (non-hydrogen) atoms.